The van der Waals surface area contributed by atoms with Crippen molar-refractivity contribution in [2.24, 2.45) is 0 Å². The van der Waals surface area contributed by atoms with Crippen LogP contribution < -0.4 is 5.46 Å². The Hall–Kier alpha value is -1.32. The highest BCUT2D eigenvalue weighted by Crippen LogP contribution is 2.08. The van der Waals surface area contributed by atoms with Crippen molar-refractivity contribution in [3.8, 4) is 0 Å². The molecule has 0 aromatic heterocycles. The second-order valence-electron chi connectivity index (χ2n) is 3.34. The molecule has 1 aromatic carbocycles. The van der Waals surface area contributed by atoms with Crippen molar-refractivity contribution in [1.82, 2.24) is 0 Å². The van der Waals surface area contributed by atoms with Gasteiger partial charge in [-0.1, -0.05) is 17.6 Å². The van der Waals surface area contributed by atoms with Crippen molar-refractivity contribution in [3.63, 3.8) is 0 Å². The van der Waals surface area contributed by atoms with Crippen LogP contribution in [0.2, 0.25) is 0 Å². The van der Waals surface area contributed by atoms with E-state index in [0.29, 0.717) is 18.4 Å². The van der Waals surface area contributed by atoms with Gasteiger partial charge in [0.1, 0.15) is 13.7 Å². The summed E-state index contributed by atoms with van der Waals surface area (Å²) in [7, 11) is 1.82. The van der Waals surface area contributed by atoms with Gasteiger partial charge < -0.3 is 5.11 Å². The molecule has 0 saturated heterocycles. The van der Waals surface area contributed by atoms with Crippen molar-refractivity contribution in [1.29, 1.82) is 0 Å². The second-order valence-corrected chi connectivity index (χ2v) is 3.34. The molecule has 4 heteroatoms. The minimum atomic E-state index is -0.836. The number of aliphatic carboxylic acids is 1. The first-order valence-electron chi connectivity index (χ1n) is 4.56. The molecule has 0 fully saturated rings. The van der Waals surface area contributed by atoms with E-state index in [2.05, 4.69) is 0 Å². The maximum atomic E-state index is 13.2. The Kier molecular flexibility index (Phi) is 3.68. The lowest BCUT2D eigenvalue weighted by Gasteiger charge is -2.02. The number of carboxylic acids is 1. The lowest BCUT2D eigenvalue weighted by atomic mass is 9.94. The van der Waals surface area contributed by atoms with E-state index in [-0.39, 0.29) is 12.2 Å². The number of halogens is 1. The van der Waals surface area contributed by atoms with Crippen molar-refractivity contribution in [2.75, 3.05) is 0 Å². The Bertz CT molecular complexity index is 339. The molecular weight excluding hydrogens is 182 g/mol. The zero-order valence-electron chi connectivity index (χ0n) is 8.09. The number of rotatable bonds is 4. The minimum Gasteiger partial charge on any atom is -0.481 e. The normalized spacial score (nSPS) is 10.1. The highest BCUT2D eigenvalue weighted by molar-refractivity contribution is 6.32. The van der Waals surface area contributed by atoms with Gasteiger partial charge in [-0.05, 0) is 24.5 Å². The summed E-state index contributed by atoms with van der Waals surface area (Å²) in [6.07, 6.45) is 1.06. The number of carbonyl (C=O) groups is 1. The van der Waals surface area contributed by atoms with E-state index in [0.717, 1.165) is 5.46 Å². The molecule has 0 aliphatic carbocycles. The number of benzene rings is 1. The van der Waals surface area contributed by atoms with E-state index < -0.39 is 5.97 Å². The zero-order chi connectivity index (χ0) is 10.6. The molecule has 0 bridgehead atoms. The fraction of sp³-hybridized carbons (Fsp3) is 0.300. The molecule has 1 aromatic rings. The molecule has 1 N–H and O–H groups in total. The largest absolute Gasteiger partial charge is 0.481 e. The number of aryl methyl sites for hydroxylation is 1. The lowest BCUT2D eigenvalue weighted by Crippen LogP contribution is -2.05. The summed E-state index contributed by atoms with van der Waals surface area (Å²) in [4.78, 5) is 10.2. The van der Waals surface area contributed by atoms with Gasteiger partial charge in [-0.25, -0.2) is 4.39 Å². The van der Waals surface area contributed by atoms with Crippen LogP contribution >= 0.6 is 0 Å². The maximum absolute atomic E-state index is 13.2. The van der Waals surface area contributed by atoms with Crippen LogP contribution in [0, 0.1) is 5.82 Å². The van der Waals surface area contributed by atoms with Gasteiger partial charge in [-0.3, -0.25) is 4.79 Å². The van der Waals surface area contributed by atoms with Gasteiger partial charge in [0, 0.05) is 6.42 Å². The molecule has 14 heavy (non-hydrogen) atoms. The first kappa shape index (κ1) is 10.8. The summed E-state index contributed by atoms with van der Waals surface area (Å²) in [6, 6.07) is 5.02. The van der Waals surface area contributed by atoms with Crippen molar-refractivity contribution in [3.05, 3.63) is 29.6 Å². The summed E-state index contributed by atoms with van der Waals surface area (Å²) in [5.74, 6) is -1.08. The maximum Gasteiger partial charge on any atom is 0.303 e. The van der Waals surface area contributed by atoms with Gasteiger partial charge in [0.05, 0.1) is 0 Å². The predicted molar refractivity (Wildman–Crippen MR) is 55.2 cm³/mol. The lowest BCUT2D eigenvalue weighted by molar-refractivity contribution is -0.137. The standard InChI is InChI=1S/C10H12BFO2/c11-8-5-4-7(9(12)6-8)2-1-3-10(13)14/h4-6H,1-3,11H2,(H,13,14). The molecule has 0 atom stereocenters. The van der Waals surface area contributed by atoms with E-state index in [9.17, 15) is 9.18 Å². The molecule has 2 nitrogen and oxygen atoms in total. The average molecular weight is 194 g/mol. The molecule has 0 spiro atoms. The molecule has 74 valence electrons. The van der Waals surface area contributed by atoms with Crippen LogP contribution in [0.15, 0.2) is 18.2 Å². The van der Waals surface area contributed by atoms with Gasteiger partial charge in [0.15, 0.2) is 0 Å². The SMILES string of the molecule is Bc1ccc(CCCC(=O)O)c(F)c1. The van der Waals surface area contributed by atoms with Crippen LogP contribution in [-0.2, 0) is 11.2 Å². The molecule has 1 rings (SSSR count). The third-order valence-electron chi connectivity index (χ3n) is 2.05. The Morgan fingerprint density at radius 2 is 2.21 bits per heavy atom. The average Bonchev–Trinajstić information content (AvgIpc) is 2.08. The summed E-state index contributed by atoms with van der Waals surface area (Å²) in [5, 5.41) is 8.41. The van der Waals surface area contributed by atoms with Crippen LogP contribution in [-0.4, -0.2) is 18.9 Å². The van der Waals surface area contributed by atoms with E-state index in [4.69, 9.17) is 5.11 Å². The number of hydrogen-bond donors (Lipinski definition) is 1. The molecule has 0 aliphatic heterocycles. The third-order valence-corrected chi connectivity index (χ3v) is 2.05. The van der Waals surface area contributed by atoms with Gasteiger partial charge in [-0.2, -0.15) is 0 Å². The van der Waals surface area contributed by atoms with Gasteiger partial charge in [-0.15, -0.1) is 0 Å². The highest BCUT2D eigenvalue weighted by atomic mass is 19.1. The van der Waals surface area contributed by atoms with Crippen LogP contribution in [0.3, 0.4) is 0 Å². The Morgan fingerprint density at radius 3 is 2.79 bits per heavy atom. The highest BCUT2D eigenvalue weighted by Gasteiger charge is 2.03. The zero-order valence-corrected chi connectivity index (χ0v) is 8.09. The first-order valence-corrected chi connectivity index (χ1v) is 4.56. The Balaban J connectivity index is 2.55. The van der Waals surface area contributed by atoms with E-state index >= 15 is 0 Å². The Morgan fingerprint density at radius 1 is 1.50 bits per heavy atom. The molecule has 0 amide bonds. The van der Waals surface area contributed by atoms with Crippen molar-refractivity contribution in [2.45, 2.75) is 19.3 Å². The predicted octanol–water partition coefficient (Wildman–Crippen LogP) is 0.491. The fourth-order valence-electron chi connectivity index (χ4n) is 1.29. The first-order chi connectivity index (χ1) is 6.59. The van der Waals surface area contributed by atoms with Crippen LogP contribution in [0.25, 0.3) is 0 Å². The molecule has 0 unspecified atom stereocenters. The van der Waals surface area contributed by atoms with Crippen LogP contribution in [0.5, 0.6) is 0 Å². The molecular formula is C10H12BFO2. The number of carboxylic acid groups (broad SMARTS) is 1. The summed E-state index contributed by atoms with van der Waals surface area (Å²) < 4.78 is 13.2. The molecule has 0 saturated carbocycles. The summed E-state index contributed by atoms with van der Waals surface area (Å²) in [5.41, 5.74) is 1.47. The third kappa shape index (κ3) is 3.20. The van der Waals surface area contributed by atoms with E-state index in [1.165, 1.54) is 6.07 Å². The van der Waals surface area contributed by atoms with Crippen LogP contribution in [0.4, 0.5) is 4.39 Å². The van der Waals surface area contributed by atoms with E-state index in [1.807, 2.05) is 13.9 Å². The van der Waals surface area contributed by atoms with Crippen molar-refractivity contribution < 1.29 is 14.3 Å². The second kappa shape index (κ2) is 4.79. The summed E-state index contributed by atoms with van der Waals surface area (Å²) in [6.45, 7) is 0. The topological polar surface area (TPSA) is 37.3 Å². The minimum absolute atomic E-state index is 0.0906. The van der Waals surface area contributed by atoms with E-state index in [1.54, 1.807) is 6.07 Å². The molecule has 0 heterocycles. The monoisotopic (exact) mass is 194 g/mol. The van der Waals surface area contributed by atoms with Gasteiger partial charge in [0.2, 0.25) is 0 Å². The summed E-state index contributed by atoms with van der Waals surface area (Å²) >= 11 is 0. The molecule has 0 radical (unpaired) electrons. The van der Waals surface area contributed by atoms with Crippen LogP contribution in [0.1, 0.15) is 18.4 Å². The van der Waals surface area contributed by atoms with Crippen molar-refractivity contribution >= 4 is 19.3 Å². The smallest absolute Gasteiger partial charge is 0.303 e. The number of hydrogen-bond acceptors (Lipinski definition) is 1. The molecule has 0 aliphatic rings. The van der Waals surface area contributed by atoms with Gasteiger partial charge in [0.25, 0.3) is 0 Å². The van der Waals surface area contributed by atoms with Gasteiger partial charge >= 0.3 is 5.97 Å². The quantitative estimate of drug-likeness (QED) is 0.708. The Labute approximate surface area is 83.2 Å². The fourth-order valence-corrected chi connectivity index (χ4v) is 1.29.